The SMILES string of the molecule is COC(=O)CCN1CCN(CCc2nccn2C)CC1. The van der Waals surface area contributed by atoms with Crippen molar-refractivity contribution in [1.29, 1.82) is 0 Å². The minimum absolute atomic E-state index is 0.123. The van der Waals surface area contributed by atoms with Crippen LogP contribution in [0.3, 0.4) is 0 Å². The van der Waals surface area contributed by atoms with Crippen LogP contribution in [0, 0.1) is 0 Å². The monoisotopic (exact) mass is 280 g/mol. The van der Waals surface area contributed by atoms with Crippen LogP contribution in [0.1, 0.15) is 12.2 Å². The Labute approximate surface area is 120 Å². The molecule has 0 N–H and O–H groups in total. The van der Waals surface area contributed by atoms with Gasteiger partial charge in [0.15, 0.2) is 0 Å². The van der Waals surface area contributed by atoms with Crippen molar-refractivity contribution < 1.29 is 9.53 Å². The molecule has 1 saturated heterocycles. The zero-order chi connectivity index (χ0) is 14.4. The van der Waals surface area contributed by atoms with Crippen LogP contribution in [0.25, 0.3) is 0 Å². The third-order valence-corrected chi connectivity index (χ3v) is 3.90. The van der Waals surface area contributed by atoms with Crippen LogP contribution in [0.4, 0.5) is 0 Å². The largest absolute Gasteiger partial charge is 0.469 e. The van der Waals surface area contributed by atoms with Gasteiger partial charge in [-0.25, -0.2) is 4.98 Å². The van der Waals surface area contributed by atoms with E-state index in [-0.39, 0.29) is 5.97 Å². The molecule has 0 bridgehead atoms. The number of carbonyl (C=O) groups excluding carboxylic acids is 1. The quantitative estimate of drug-likeness (QED) is 0.694. The Morgan fingerprint density at radius 3 is 2.45 bits per heavy atom. The fourth-order valence-corrected chi connectivity index (χ4v) is 2.48. The highest BCUT2D eigenvalue weighted by Gasteiger charge is 2.17. The number of carbonyl (C=O) groups is 1. The van der Waals surface area contributed by atoms with Gasteiger partial charge < -0.3 is 19.1 Å². The summed E-state index contributed by atoms with van der Waals surface area (Å²) in [5.74, 6) is 1.01. The van der Waals surface area contributed by atoms with Gasteiger partial charge in [0.1, 0.15) is 5.82 Å². The van der Waals surface area contributed by atoms with Gasteiger partial charge in [-0.2, -0.15) is 0 Å². The van der Waals surface area contributed by atoms with E-state index in [1.807, 2.05) is 19.4 Å². The summed E-state index contributed by atoms with van der Waals surface area (Å²) in [6, 6.07) is 0. The maximum absolute atomic E-state index is 11.1. The number of hydrogen-bond donors (Lipinski definition) is 0. The van der Waals surface area contributed by atoms with Crippen molar-refractivity contribution in [2.45, 2.75) is 12.8 Å². The second-order valence-corrected chi connectivity index (χ2v) is 5.21. The van der Waals surface area contributed by atoms with E-state index in [0.29, 0.717) is 6.42 Å². The van der Waals surface area contributed by atoms with Crippen molar-refractivity contribution in [3.05, 3.63) is 18.2 Å². The lowest BCUT2D eigenvalue weighted by Gasteiger charge is -2.34. The molecule has 0 aliphatic carbocycles. The van der Waals surface area contributed by atoms with E-state index in [4.69, 9.17) is 0 Å². The average molecular weight is 280 g/mol. The molecule has 0 unspecified atom stereocenters. The van der Waals surface area contributed by atoms with E-state index in [1.165, 1.54) is 7.11 Å². The molecule has 0 spiro atoms. The van der Waals surface area contributed by atoms with Crippen LogP contribution >= 0.6 is 0 Å². The maximum Gasteiger partial charge on any atom is 0.306 e. The number of aryl methyl sites for hydroxylation is 1. The Bertz CT molecular complexity index is 425. The molecule has 1 aromatic rings. The Balaban J connectivity index is 1.64. The number of methoxy groups -OCH3 is 1. The van der Waals surface area contributed by atoms with Crippen molar-refractivity contribution in [2.75, 3.05) is 46.4 Å². The third kappa shape index (κ3) is 4.31. The Hall–Kier alpha value is -1.40. The van der Waals surface area contributed by atoms with Crippen LogP contribution in [-0.4, -0.2) is 71.7 Å². The topological polar surface area (TPSA) is 50.6 Å². The second-order valence-electron chi connectivity index (χ2n) is 5.21. The number of esters is 1. The number of nitrogens with zero attached hydrogens (tertiary/aromatic N) is 4. The van der Waals surface area contributed by atoms with Crippen LogP contribution in [0.5, 0.6) is 0 Å². The highest BCUT2D eigenvalue weighted by molar-refractivity contribution is 5.69. The number of ether oxygens (including phenoxy) is 1. The molecule has 1 aliphatic rings. The highest BCUT2D eigenvalue weighted by atomic mass is 16.5. The van der Waals surface area contributed by atoms with Gasteiger partial charge >= 0.3 is 5.97 Å². The van der Waals surface area contributed by atoms with Crippen molar-refractivity contribution in [2.24, 2.45) is 7.05 Å². The molecular weight excluding hydrogens is 256 g/mol. The van der Waals surface area contributed by atoms with Crippen molar-refractivity contribution in [3.8, 4) is 0 Å². The predicted molar refractivity (Wildman–Crippen MR) is 76.4 cm³/mol. The molecule has 0 aromatic carbocycles. The zero-order valence-corrected chi connectivity index (χ0v) is 12.4. The summed E-state index contributed by atoms with van der Waals surface area (Å²) < 4.78 is 6.74. The number of hydrogen-bond acceptors (Lipinski definition) is 5. The summed E-state index contributed by atoms with van der Waals surface area (Å²) in [7, 11) is 3.48. The summed E-state index contributed by atoms with van der Waals surface area (Å²) >= 11 is 0. The third-order valence-electron chi connectivity index (χ3n) is 3.90. The van der Waals surface area contributed by atoms with E-state index in [2.05, 4.69) is 24.1 Å². The van der Waals surface area contributed by atoms with Crippen LogP contribution in [-0.2, 0) is 23.0 Å². The van der Waals surface area contributed by atoms with E-state index in [1.54, 1.807) is 0 Å². The molecule has 2 heterocycles. The van der Waals surface area contributed by atoms with Crippen LogP contribution in [0.2, 0.25) is 0 Å². The summed E-state index contributed by atoms with van der Waals surface area (Å²) in [6.45, 7) is 6.03. The molecule has 0 amide bonds. The van der Waals surface area contributed by atoms with Gasteiger partial charge in [0.2, 0.25) is 0 Å². The van der Waals surface area contributed by atoms with Crippen LogP contribution < -0.4 is 0 Å². The summed E-state index contributed by atoms with van der Waals surface area (Å²) in [6.07, 6.45) is 5.32. The lowest BCUT2D eigenvalue weighted by Crippen LogP contribution is -2.47. The number of imidazole rings is 1. The van der Waals surface area contributed by atoms with Crippen LogP contribution in [0.15, 0.2) is 12.4 Å². The van der Waals surface area contributed by atoms with Gasteiger partial charge in [-0.1, -0.05) is 0 Å². The smallest absolute Gasteiger partial charge is 0.306 e. The fraction of sp³-hybridized carbons (Fsp3) is 0.714. The molecule has 0 atom stereocenters. The molecule has 1 aromatic heterocycles. The summed E-state index contributed by atoms with van der Waals surface area (Å²) in [5, 5.41) is 0. The van der Waals surface area contributed by atoms with Gasteiger partial charge in [0.25, 0.3) is 0 Å². The fourth-order valence-electron chi connectivity index (χ4n) is 2.48. The first-order valence-electron chi connectivity index (χ1n) is 7.17. The van der Waals surface area contributed by atoms with Crippen molar-refractivity contribution in [1.82, 2.24) is 19.4 Å². The van der Waals surface area contributed by atoms with E-state index in [0.717, 1.165) is 51.5 Å². The predicted octanol–water partition coefficient (Wildman–Crippen LogP) is 0.143. The molecule has 0 saturated carbocycles. The molecular formula is C14H24N4O2. The summed E-state index contributed by atoms with van der Waals surface area (Å²) in [5.41, 5.74) is 0. The van der Waals surface area contributed by atoms with Gasteiger partial charge in [0.05, 0.1) is 13.5 Å². The van der Waals surface area contributed by atoms with Gasteiger partial charge in [-0.15, -0.1) is 0 Å². The first-order valence-corrected chi connectivity index (χ1v) is 7.17. The molecule has 1 aliphatic heterocycles. The molecule has 0 radical (unpaired) electrons. The van der Waals surface area contributed by atoms with Crippen molar-refractivity contribution in [3.63, 3.8) is 0 Å². The number of rotatable bonds is 6. The Morgan fingerprint density at radius 1 is 1.25 bits per heavy atom. The molecule has 6 heteroatoms. The van der Waals surface area contributed by atoms with E-state index >= 15 is 0 Å². The molecule has 112 valence electrons. The minimum Gasteiger partial charge on any atom is -0.469 e. The lowest BCUT2D eigenvalue weighted by atomic mass is 10.2. The molecule has 2 rings (SSSR count). The second kappa shape index (κ2) is 7.40. The van der Waals surface area contributed by atoms with Gasteiger partial charge in [-0.3, -0.25) is 4.79 Å². The standard InChI is InChI=1S/C14H24N4O2/c1-16-8-5-15-13(16)3-6-17-9-11-18(12-10-17)7-4-14(19)20-2/h5,8H,3-4,6-7,9-12H2,1-2H3. The number of aromatic nitrogens is 2. The zero-order valence-electron chi connectivity index (χ0n) is 12.4. The highest BCUT2D eigenvalue weighted by Crippen LogP contribution is 2.05. The van der Waals surface area contributed by atoms with Crippen molar-refractivity contribution >= 4 is 5.97 Å². The molecule has 6 nitrogen and oxygen atoms in total. The van der Waals surface area contributed by atoms with E-state index < -0.39 is 0 Å². The Kier molecular flexibility index (Phi) is 5.55. The lowest BCUT2D eigenvalue weighted by molar-refractivity contribution is -0.141. The first kappa shape index (κ1) is 15.0. The first-order chi connectivity index (χ1) is 9.69. The normalized spacial score (nSPS) is 17.3. The molecule has 20 heavy (non-hydrogen) atoms. The van der Waals surface area contributed by atoms with Gasteiger partial charge in [0, 0.05) is 65.1 Å². The summed E-state index contributed by atoms with van der Waals surface area (Å²) in [4.78, 5) is 20.3. The maximum atomic E-state index is 11.1. The minimum atomic E-state index is -0.123. The van der Waals surface area contributed by atoms with Gasteiger partial charge in [-0.05, 0) is 0 Å². The Morgan fingerprint density at radius 2 is 1.90 bits per heavy atom. The number of piperazine rings is 1. The van der Waals surface area contributed by atoms with E-state index in [9.17, 15) is 4.79 Å². The average Bonchev–Trinajstić information content (AvgIpc) is 2.89. The molecule has 1 fully saturated rings.